The Kier molecular flexibility index (Phi) is 8.22. The molecule has 0 aliphatic carbocycles. The minimum Gasteiger partial charge on any atom is -0.494 e. The van der Waals surface area contributed by atoms with E-state index < -0.39 is 0 Å². The molecule has 7 nitrogen and oxygen atoms in total. The van der Waals surface area contributed by atoms with Crippen molar-refractivity contribution in [1.82, 2.24) is 20.2 Å². The fourth-order valence-electron chi connectivity index (χ4n) is 3.92. The van der Waals surface area contributed by atoms with Crippen molar-refractivity contribution in [3.63, 3.8) is 0 Å². The van der Waals surface area contributed by atoms with Crippen LogP contribution in [-0.4, -0.2) is 34.8 Å². The average molecular weight is 549 g/mol. The van der Waals surface area contributed by atoms with Gasteiger partial charge >= 0.3 is 0 Å². The van der Waals surface area contributed by atoms with Crippen LogP contribution >= 0.6 is 24.0 Å². The van der Waals surface area contributed by atoms with Gasteiger partial charge in [0.25, 0.3) is 0 Å². The third kappa shape index (κ3) is 5.28. The van der Waals surface area contributed by atoms with Crippen molar-refractivity contribution in [1.29, 1.82) is 0 Å². The molecule has 0 spiro atoms. The van der Waals surface area contributed by atoms with E-state index in [-0.39, 0.29) is 30.1 Å². The zero-order valence-corrected chi connectivity index (χ0v) is 21.5. The summed E-state index contributed by atoms with van der Waals surface area (Å²) in [6, 6.07) is 12.3. The van der Waals surface area contributed by atoms with Gasteiger partial charge in [-0.2, -0.15) is 0 Å². The minimum absolute atomic E-state index is 0. The number of imidazole rings is 1. The number of aliphatic imine (C=N–C) groups is 1. The minimum atomic E-state index is 0. The topological polar surface area (TPSA) is 72.7 Å². The highest BCUT2D eigenvalue weighted by molar-refractivity contribution is 14.0. The number of guanidine groups is 1. The van der Waals surface area contributed by atoms with Gasteiger partial charge in [-0.1, -0.05) is 12.1 Å². The third-order valence-corrected chi connectivity index (χ3v) is 5.42. The Morgan fingerprint density at radius 2 is 2.06 bits per heavy atom. The summed E-state index contributed by atoms with van der Waals surface area (Å²) in [5, 5.41) is 6.72. The molecule has 1 aliphatic heterocycles. The van der Waals surface area contributed by atoms with Crippen LogP contribution in [0.1, 0.15) is 37.7 Å². The van der Waals surface area contributed by atoms with Gasteiger partial charge in [-0.3, -0.25) is 0 Å². The molecule has 1 atom stereocenters. The monoisotopic (exact) mass is 549 g/mol. The van der Waals surface area contributed by atoms with Gasteiger partial charge in [0.1, 0.15) is 23.4 Å². The lowest BCUT2D eigenvalue weighted by Gasteiger charge is -2.14. The van der Waals surface area contributed by atoms with Gasteiger partial charge in [-0.25, -0.2) is 9.98 Å². The van der Waals surface area contributed by atoms with E-state index >= 15 is 0 Å². The summed E-state index contributed by atoms with van der Waals surface area (Å²) in [5.41, 5.74) is 4.35. The van der Waals surface area contributed by atoms with E-state index in [9.17, 15) is 0 Å². The smallest absolute Gasteiger partial charge is 0.191 e. The quantitative estimate of drug-likeness (QED) is 0.263. The Morgan fingerprint density at radius 3 is 2.81 bits per heavy atom. The van der Waals surface area contributed by atoms with Crippen molar-refractivity contribution >= 4 is 41.0 Å². The number of aromatic nitrogens is 2. The first-order valence-electron chi connectivity index (χ1n) is 11.0. The molecular weight excluding hydrogens is 517 g/mol. The first-order valence-corrected chi connectivity index (χ1v) is 11.0. The fraction of sp³-hybridized carbons (Fsp3) is 0.417. The van der Waals surface area contributed by atoms with Crippen molar-refractivity contribution < 1.29 is 9.47 Å². The summed E-state index contributed by atoms with van der Waals surface area (Å²) in [6.07, 6.45) is 1.12. The molecule has 0 amide bonds. The number of rotatable bonds is 7. The van der Waals surface area contributed by atoms with Crippen LogP contribution in [-0.2, 0) is 26.6 Å². The van der Waals surface area contributed by atoms with Gasteiger partial charge in [0.05, 0.1) is 30.7 Å². The van der Waals surface area contributed by atoms with Crippen molar-refractivity contribution in [3.8, 4) is 11.5 Å². The Labute approximate surface area is 206 Å². The molecule has 1 aromatic heterocycles. The summed E-state index contributed by atoms with van der Waals surface area (Å²) in [5.74, 6) is 3.53. The summed E-state index contributed by atoms with van der Waals surface area (Å²) in [4.78, 5) is 9.52. The second kappa shape index (κ2) is 10.9. The van der Waals surface area contributed by atoms with E-state index in [2.05, 4.69) is 47.2 Å². The van der Waals surface area contributed by atoms with E-state index in [0.717, 1.165) is 52.8 Å². The van der Waals surface area contributed by atoms with Crippen LogP contribution < -0.4 is 20.1 Å². The lowest BCUT2D eigenvalue weighted by molar-refractivity contribution is 0.254. The van der Waals surface area contributed by atoms with Gasteiger partial charge in [-0.15, -0.1) is 24.0 Å². The van der Waals surface area contributed by atoms with Crippen LogP contribution in [0.3, 0.4) is 0 Å². The number of benzene rings is 2. The molecule has 1 aliphatic rings. The van der Waals surface area contributed by atoms with Crippen molar-refractivity contribution in [2.45, 2.75) is 46.4 Å². The van der Waals surface area contributed by atoms with Crippen LogP contribution in [0.15, 0.2) is 41.4 Å². The van der Waals surface area contributed by atoms with Crippen LogP contribution in [0.5, 0.6) is 11.5 Å². The highest BCUT2D eigenvalue weighted by atomic mass is 127. The predicted molar refractivity (Wildman–Crippen MR) is 139 cm³/mol. The van der Waals surface area contributed by atoms with E-state index in [0.29, 0.717) is 19.7 Å². The van der Waals surface area contributed by atoms with Gasteiger partial charge < -0.3 is 24.7 Å². The molecule has 0 saturated heterocycles. The molecule has 1 unspecified atom stereocenters. The first kappa shape index (κ1) is 24.2. The predicted octanol–water partition coefficient (Wildman–Crippen LogP) is 4.17. The lowest BCUT2D eigenvalue weighted by atomic mass is 10.1. The normalized spacial score (nSPS) is 15.1. The summed E-state index contributed by atoms with van der Waals surface area (Å²) < 4.78 is 13.9. The molecular formula is C24H32IN5O2. The van der Waals surface area contributed by atoms with E-state index in [1.165, 1.54) is 5.56 Å². The fourth-order valence-corrected chi connectivity index (χ4v) is 3.92. The van der Waals surface area contributed by atoms with Crippen molar-refractivity contribution in [2.75, 3.05) is 13.2 Å². The zero-order valence-electron chi connectivity index (χ0n) is 19.1. The number of ether oxygens (including phenoxy) is 2. The molecule has 0 radical (unpaired) electrons. The highest BCUT2D eigenvalue weighted by Gasteiger charge is 2.21. The Morgan fingerprint density at radius 1 is 1.25 bits per heavy atom. The number of hydrogen-bond acceptors (Lipinski definition) is 4. The number of aryl methyl sites for hydroxylation is 1. The Bertz CT molecular complexity index is 1100. The molecule has 0 fully saturated rings. The number of nitrogens with zero attached hydrogens (tertiary/aromatic N) is 3. The average Bonchev–Trinajstić information content (AvgIpc) is 3.28. The standard InChI is InChI=1S/C24H31N5O2.HI/c1-5-25-24(27-15-23-28-19-9-7-8-10-20(19)29(23)4)26-14-18-13-22-17(11-16(3)31-22)12-21(18)30-6-2;/h7-10,12-13,16H,5-6,11,14-15H2,1-4H3,(H2,25,26,27);1H. The van der Waals surface area contributed by atoms with Gasteiger partial charge in [-0.05, 0) is 45.0 Å². The van der Waals surface area contributed by atoms with E-state index in [1.807, 2.05) is 32.2 Å². The maximum absolute atomic E-state index is 5.94. The second-order valence-corrected chi connectivity index (χ2v) is 7.76. The number of halogens is 1. The maximum Gasteiger partial charge on any atom is 0.191 e. The largest absolute Gasteiger partial charge is 0.494 e. The van der Waals surface area contributed by atoms with E-state index in [4.69, 9.17) is 19.5 Å². The first-order chi connectivity index (χ1) is 15.1. The molecule has 0 saturated carbocycles. The van der Waals surface area contributed by atoms with Crippen molar-refractivity contribution in [2.24, 2.45) is 12.0 Å². The Hall–Kier alpha value is -2.49. The molecule has 3 aromatic rings. The SMILES string of the molecule is CCNC(=NCc1cc2c(cc1OCC)CC(C)O2)NCc1nc2ccccc2n1C.I. The van der Waals surface area contributed by atoms with Crippen molar-refractivity contribution in [3.05, 3.63) is 53.3 Å². The van der Waals surface area contributed by atoms with Crippen LogP contribution in [0, 0.1) is 0 Å². The molecule has 8 heteroatoms. The third-order valence-electron chi connectivity index (χ3n) is 5.42. The number of nitrogens with one attached hydrogen (secondary N) is 2. The van der Waals surface area contributed by atoms with E-state index in [1.54, 1.807) is 0 Å². The van der Waals surface area contributed by atoms with Gasteiger partial charge in [0.2, 0.25) is 0 Å². The summed E-state index contributed by atoms with van der Waals surface area (Å²) in [7, 11) is 2.04. The highest BCUT2D eigenvalue weighted by Crippen LogP contribution is 2.35. The molecule has 0 bridgehead atoms. The summed E-state index contributed by atoms with van der Waals surface area (Å²) in [6.45, 7) is 8.63. The lowest BCUT2D eigenvalue weighted by Crippen LogP contribution is -2.37. The maximum atomic E-state index is 5.94. The number of fused-ring (bicyclic) bond motifs is 2. The second-order valence-electron chi connectivity index (χ2n) is 7.76. The van der Waals surface area contributed by atoms with Gasteiger partial charge in [0, 0.05) is 31.1 Å². The van der Waals surface area contributed by atoms with Crippen LogP contribution in [0.25, 0.3) is 11.0 Å². The molecule has 4 rings (SSSR count). The van der Waals surface area contributed by atoms with Crippen LogP contribution in [0.2, 0.25) is 0 Å². The molecule has 32 heavy (non-hydrogen) atoms. The Balaban J connectivity index is 0.00000289. The molecule has 2 N–H and O–H groups in total. The molecule has 172 valence electrons. The number of para-hydroxylation sites is 2. The zero-order chi connectivity index (χ0) is 21.8. The summed E-state index contributed by atoms with van der Waals surface area (Å²) >= 11 is 0. The van der Waals surface area contributed by atoms with Gasteiger partial charge in [0.15, 0.2) is 5.96 Å². The molecule has 2 heterocycles. The molecule has 2 aromatic carbocycles. The van der Waals surface area contributed by atoms with Crippen LogP contribution in [0.4, 0.5) is 0 Å². The number of hydrogen-bond donors (Lipinski definition) is 2.